The second-order valence-electron chi connectivity index (χ2n) is 4.48. The molecule has 0 amide bonds. The van der Waals surface area contributed by atoms with Gasteiger partial charge in [-0.2, -0.15) is 0 Å². The molecule has 0 heterocycles. The van der Waals surface area contributed by atoms with Crippen molar-refractivity contribution in [2.24, 2.45) is 0 Å². The first-order valence-corrected chi connectivity index (χ1v) is 6.31. The molecular weight excluding hydrogens is 224 g/mol. The normalized spacial score (nSPS) is 11.9. The molecule has 1 aromatic carbocycles. The van der Waals surface area contributed by atoms with E-state index in [9.17, 15) is 5.11 Å². The smallest absolute Gasteiger partial charge is 0.122 e. The molecule has 0 saturated carbocycles. The molecule has 18 heavy (non-hydrogen) atoms. The quantitative estimate of drug-likeness (QED) is 0.757. The van der Waals surface area contributed by atoms with Crippen molar-refractivity contribution in [2.75, 3.05) is 25.0 Å². The Morgan fingerprint density at radius 3 is 2.78 bits per heavy atom. The van der Waals surface area contributed by atoms with Crippen molar-refractivity contribution in [1.82, 2.24) is 5.32 Å². The first-order chi connectivity index (χ1) is 8.60. The highest BCUT2D eigenvalue weighted by Gasteiger charge is 2.11. The standard InChI is InChI=1S/C15H22N2O/c1-5-9-16-12(3)14-8-7-13(11-15(14)18)17(4)10-6-2/h2,7-8,11-12,16,18H,5,9-10H2,1,3-4H3. The van der Waals surface area contributed by atoms with Gasteiger partial charge in [0.1, 0.15) is 5.75 Å². The molecule has 1 atom stereocenters. The van der Waals surface area contributed by atoms with Gasteiger partial charge in [-0.25, -0.2) is 0 Å². The Morgan fingerprint density at radius 2 is 2.22 bits per heavy atom. The Hall–Kier alpha value is -1.66. The third-order valence-corrected chi connectivity index (χ3v) is 2.95. The molecule has 1 unspecified atom stereocenters. The number of anilines is 1. The van der Waals surface area contributed by atoms with E-state index in [4.69, 9.17) is 6.42 Å². The lowest BCUT2D eigenvalue weighted by atomic mass is 10.1. The lowest BCUT2D eigenvalue weighted by Gasteiger charge is -2.20. The molecule has 0 bridgehead atoms. The molecule has 0 aliphatic rings. The summed E-state index contributed by atoms with van der Waals surface area (Å²) in [5, 5.41) is 13.4. The fourth-order valence-corrected chi connectivity index (χ4v) is 1.83. The van der Waals surface area contributed by atoms with Gasteiger partial charge in [0.2, 0.25) is 0 Å². The Morgan fingerprint density at radius 1 is 1.50 bits per heavy atom. The van der Waals surface area contributed by atoms with Gasteiger partial charge in [-0.3, -0.25) is 0 Å². The zero-order chi connectivity index (χ0) is 13.5. The van der Waals surface area contributed by atoms with Crippen molar-refractivity contribution in [2.45, 2.75) is 26.3 Å². The SMILES string of the molecule is C#CCN(C)c1ccc(C(C)NCCC)c(O)c1. The van der Waals surface area contributed by atoms with Crippen molar-refractivity contribution in [3.63, 3.8) is 0 Å². The molecule has 3 nitrogen and oxygen atoms in total. The lowest BCUT2D eigenvalue weighted by Crippen LogP contribution is -2.20. The van der Waals surface area contributed by atoms with Crippen molar-refractivity contribution in [1.29, 1.82) is 0 Å². The molecule has 0 radical (unpaired) electrons. The molecule has 1 rings (SSSR count). The van der Waals surface area contributed by atoms with Crippen LogP contribution < -0.4 is 10.2 Å². The van der Waals surface area contributed by atoms with Crippen LogP contribution in [-0.2, 0) is 0 Å². The fraction of sp³-hybridized carbons (Fsp3) is 0.467. The van der Waals surface area contributed by atoms with Crippen LogP contribution in [0.15, 0.2) is 18.2 Å². The number of aromatic hydroxyl groups is 1. The number of benzene rings is 1. The van der Waals surface area contributed by atoms with Crippen molar-refractivity contribution < 1.29 is 5.11 Å². The number of phenolic OH excluding ortho intramolecular Hbond substituents is 1. The van der Waals surface area contributed by atoms with Gasteiger partial charge in [0.25, 0.3) is 0 Å². The minimum atomic E-state index is 0.150. The van der Waals surface area contributed by atoms with Gasteiger partial charge in [-0.15, -0.1) is 6.42 Å². The summed E-state index contributed by atoms with van der Waals surface area (Å²) in [5.74, 6) is 2.90. The van der Waals surface area contributed by atoms with Gasteiger partial charge >= 0.3 is 0 Å². The van der Waals surface area contributed by atoms with E-state index >= 15 is 0 Å². The van der Waals surface area contributed by atoms with E-state index in [1.165, 1.54) is 0 Å². The van der Waals surface area contributed by atoms with Gasteiger partial charge in [0, 0.05) is 30.4 Å². The zero-order valence-electron chi connectivity index (χ0n) is 11.4. The van der Waals surface area contributed by atoms with Crippen molar-refractivity contribution >= 4 is 5.69 Å². The van der Waals surface area contributed by atoms with Crippen LogP contribution in [0.25, 0.3) is 0 Å². The first kappa shape index (κ1) is 14.4. The molecule has 0 aliphatic heterocycles. The van der Waals surface area contributed by atoms with E-state index in [-0.39, 0.29) is 6.04 Å². The number of terminal acetylenes is 1. The summed E-state index contributed by atoms with van der Waals surface area (Å²) in [6.45, 7) is 5.65. The maximum atomic E-state index is 10.1. The van der Waals surface area contributed by atoms with Gasteiger partial charge in [-0.1, -0.05) is 18.9 Å². The van der Waals surface area contributed by atoms with E-state index < -0.39 is 0 Å². The molecule has 0 fully saturated rings. The number of nitrogens with one attached hydrogen (secondary N) is 1. The van der Waals surface area contributed by atoms with E-state index in [2.05, 4.69) is 25.1 Å². The van der Waals surface area contributed by atoms with Crippen LogP contribution in [0.4, 0.5) is 5.69 Å². The number of phenols is 1. The van der Waals surface area contributed by atoms with Crippen LogP contribution in [0.2, 0.25) is 0 Å². The summed E-state index contributed by atoms with van der Waals surface area (Å²) in [6, 6.07) is 5.84. The minimum Gasteiger partial charge on any atom is -0.508 e. The second-order valence-corrected chi connectivity index (χ2v) is 4.48. The Balaban J connectivity index is 2.82. The second kappa shape index (κ2) is 6.93. The van der Waals surface area contributed by atoms with E-state index in [1.54, 1.807) is 6.07 Å². The maximum Gasteiger partial charge on any atom is 0.122 e. The molecule has 0 aromatic heterocycles. The lowest BCUT2D eigenvalue weighted by molar-refractivity contribution is 0.452. The summed E-state index contributed by atoms with van der Waals surface area (Å²) in [7, 11) is 1.91. The maximum absolute atomic E-state index is 10.1. The van der Waals surface area contributed by atoms with Crippen LogP contribution in [0.3, 0.4) is 0 Å². The average Bonchev–Trinajstić information content (AvgIpc) is 2.36. The zero-order valence-corrected chi connectivity index (χ0v) is 11.4. The Labute approximate surface area is 110 Å². The number of hydrogen-bond donors (Lipinski definition) is 2. The van der Waals surface area contributed by atoms with Crippen LogP contribution in [0.5, 0.6) is 5.75 Å². The summed E-state index contributed by atoms with van der Waals surface area (Å²) >= 11 is 0. The van der Waals surface area contributed by atoms with Crippen LogP contribution in [0.1, 0.15) is 31.9 Å². The van der Waals surface area contributed by atoms with Crippen molar-refractivity contribution in [3.05, 3.63) is 23.8 Å². The molecule has 0 spiro atoms. The third-order valence-electron chi connectivity index (χ3n) is 2.95. The fourth-order valence-electron chi connectivity index (χ4n) is 1.83. The highest BCUT2D eigenvalue weighted by molar-refractivity contribution is 5.54. The van der Waals surface area contributed by atoms with E-state index in [0.29, 0.717) is 12.3 Å². The van der Waals surface area contributed by atoms with Crippen LogP contribution in [0, 0.1) is 12.3 Å². The minimum absolute atomic E-state index is 0.150. The predicted octanol–water partition coefficient (Wildman–Crippen LogP) is 2.52. The molecule has 0 aliphatic carbocycles. The number of nitrogens with zero attached hydrogens (tertiary/aromatic N) is 1. The third kappa shape index (κ3) is 3.68. The molecule has 2 N–H and O–H groups in total. The van der Waals surface area contributed by atoms with Crippen LogP contribution in [-0.4, -0.2) is 25.2 Å². The van der Waals surface area contributed by atoms with Crippen molar-refractivity contribution in [3.8, 4) is 18.1 Å². The first-order valence-electron chi connectivity index (χ1n) is 6.31. The summed E-state index contributed by atoms with van der Waals surface area (Å²) in [4.78, 5) is 1.92. The van der Waals surface area contributed by atoms with Gasteiger partial charge < -0.3 is 15.3 Å². The van der Waals surface area contributed by atoms with E-state index in [0.717, 1.165) is 24.2 Å². The average molecular weight is 246 g/mol. The van der Waals surface area contributed by atoms with Crippen LogP contribution >= 0.6 is 0 Å². The van der Waals surface area contributed by atoms with Gasteiger partial charge in [-0.05, 0) is 26.0 Å². The Kier molecular flexibility index (Phi) is 5.54. The largest absolute Gasteiger partial charge is 0.508 e. The Bertz CT molecular complexity index is 423. The topological polar surface area (TPSA) is 35.5 Å². The predicted molar refractivity (Wildman–Crippen MR) is 76.9 cm³/mol. The number of rotatable bonds is 6. The summed E-state index contributed by atoms with van der Waals surface area (Å²) in [5.41, 5.74) is 1.85. The highest BCUT2D eigenvalue weighted by atomic mass is 16.3. The van der Waals surface area contributed by atoms with Gasteiger partial charge in [0.05, 0.1) is 6.54 Å². The molecule has 3 heteroatoms. The highest BCUT2D eigenvalue weighted by Crippen LogP contribution is 2.28. The summed E-state index contributed by atoms with van der Waals surface area (Å²) in [6.07, 6.45) is 6.35. The molecule has 98 valence electrons. The molecule has 0 saturated heterocycles. The van der Waals surface area contributed by atoms with Gasteiger partial charge in [0.15, 0.2) is 0 Å². The summed E-state index contributed by atoms with van der Waals surface area (Å²) < 4.78 is 0. The molecule has 1 aromatic rings. The number of hydrogen-bond acceptors (Lipinski definition) is 3. The van der Waals surface area contributed by atoms with E-state index in [1.807, 2.05) is 24.1 Å². The monoisotopic (exact) mass is 246 g/mol. The molecular formula is C15H22N2O.